The summed E-state index contributed by atoms with van der Waals surface area (Å²) in [7, 11) is 1.46. The number of hydrogen-bond donors (Lipinski definition) is 1. The molecular weight excluding hydrogens is 500 g/mol. The first kappa shape index (κ1) is 26.4. The monoisotopic (exact) mass is 519 g/mol. The largest absolute Gasteiger partial charge is 0.416 e. The highest BCUT2D eigenvalue weighted by Crippen LogP contribution is 2.37. The van der Waals surface area contributed by atoms with Gasteiger partial charge in [-0.3, -0.25) is 19.6 Å². The summed E-state index contributed by atoms with van der Waals surface area (Å²) in [5.74, 6) is -1.43. The second-order valence-corrected chi connectivity index (χ2v) is 9.74. The first-order chi connectivity index (χ1) is 16.0. The highest BCUT2D eigenvalue weighted by atomic mass is 32.2. The second-order valence-electron chi connectivity index (χ2n) is 8.13. The number of halogens is 6. The number of carbonyl (C=O) groups is 2. The molecule has 1 aliphatic heterocycles. The molecule has 2 aromatic rings. The van der Waals surface area contributed by atoms with Crippen molar-refractivity contribution in [1.29, 1.82) is 0 Å². The van der Waals surface area contributed by atoms with E-state index < -0.39 is 45.7 Å². The molecule has 1 aliphatic rings. The lowest BCUT2D eigenvalue weighted by molar-refractivity contribution is -0.143. The highest BCUT2D eigenvalue weighted by molar-refractivity contribution is 8.16. The fraction of sp³-hybridized carbons (Fsp3) is 0.381. The van der Waals surface area contributed by atoms with E-state index in [1.165, 1.54) is 26.4 Å². The molecule has 1 unspecified atom stereocenters. The summed E-state index contributed by atoms with van der Waals surface area (Å²) >= 11 is 1.10. The molecular formula is C21H19F6N5O2S. The van der Waals surface area contributed by atoms with Crippen molar-refractivity contribution < 1.29 is 35.9 Å². The number of carbonyl (C=O) groups excluding carboxylic acids is 2. The van der Waals surface area contributed by atoms with Gasteiger partial charge in [0.25, 0.3) is 11.8 Å². The number of thioether (sulfide) groups is 1. The fourth-order valence-corrected chi connectivity index (χ4v) is 4.36. The van der Waals surface area contributed by atoms with E-state index in [0.717, 1.165) is 16.8 Å². The third-order valence-electron chi connectivity index (χ3n) is 4.94. The van der Waals surface area contributed by atoms with Gasteiger partial charge in [-0.1, -0.05) is 11.8 Å². The SMILES string of the molecule is CC(NC(=O)c1cc(C(F)(F)F)cc(C(F)(F)F)c1)c1nccnc1C1=NN(C)C(=O)C(C)(C)S1. The van der Waals surface area contributed by atoms with E-state index in [1.54, 1.807) is 13.8 Å². The van der Waals surface area contributed by atoms with Crippen LogP contribution in [0.5, 0.6) is 0 Å². The standard InChI is InChI=1S/C21H19F6N5O2S/c1-10(14-15(29-6-5-28-14)17-31-32(4)18(34)19(2,3)35-17)30-16(33)11-7-12(20(22,23)24)9-13(8-11)21(25,26)27/h5-10H,1-4H3,(H,30,33). The maximum absolute atomic E-state index is 13.1. The van der Waals surface area contributed by atoms with E-state index in [-0.39, 0.29) is 23.4 Å². The van der Waals surface area contributed by atoms with Crippen molar-refractivity contribution in [3.8, 4) is 0 Å². The average Bonchev–Trinajstić information content (AvgIpc) is 2.75. The van der Waals surface area contributed by atoms with Crippen LogP contribution in [0.15, 0.2) is 35.7 Å². The molecule has 2 heterocycles. The van der Waals surface area contributed by atoms with Crippen LogP contribution >= 0.6 is 11.8 Å². The molecule has 35 heavy (non-hydrogen) atoms. The molecule has 0 aliphatic carbocycles. The molecule has 7 nitrogen and oxygen atoms in total. The summed E-state index contributed by atoms with van der Waals surface area (Å²) in [6.45, 7) is 4.80. The molecule has 2 amide bonds. The summed E-state index contributed by atoms with van der Waals surface area (Å²) < 4.78 is 78.0. The Bertz CT molecular complexity index is 1160. The summed E-state index contributed by atoms with van der Waals surface area (Å²) in [6, 6.07) is -0.346. The van der Waals surface area contributed by atoms with E-state index in [2.05, 4.69) is 20.4 Å². The van der Waals surface area contributed by atoms with Crippen molar-refractivity contribution in [1.82, 2.24) is 20.3 Å². The van der Waals surface area contributed by atoms with Gasteiger partial charge in [0.15, 0.2) is 0 Å². The molecule has 0 spiro atoms. The number of nitrogens with zero attached hydrogens (tertiary/aromatic N) is 4. The lowest BCUT2D eigenvalue weighted by Gasteiger charge is -2.32. The maximum Gasteiger partial charge on any atom is 0.416 e. The van der Waals surface area contributed by atoms with Crippen molar-refractivity contribution in [3.63, 3.8) is 0 Å². The number of rotatable bonds is 4. The first-order valence-electron chi connectivity index (χ1n) is 9.98. The zero-order valence-corrected chi connectivity index (χ0v) is 19.6. The van der Waals surface area contributed by atoms with Crippen LogP contribution < -0.4 is 5.32 Å². The van der Waals surface area contributed by atoms with Crippen molar-refractivity contribution >= 4 is 28.6 Å². The zero-order chi connectivity index (χ0) is 26.3. The number of hydrogen-bond acceptors (Lipinski definition) is 6. The summed E-state index contributed by atoms with van der Waals surface area (Å²) in [5.41, 5.74) is -3.66. The predicted molar refractivity (Wildman–Crippen MR) is 115 cm³/mol. The molecule has 0 bridgehead atoms. The molecule has 3 rings (SSSR count). The van der Waals surface area contributed by atoms with Crippen molar-refractivity contribution in [2.45, 2.75) is 43.9 Å². The molecule has 0 saturated carbocycles. The zero-order valence-electron chi connectivity index (χ0n) is 18.7. The van der Waals surface area contributed by atoms with E-state index in [4.69, 9.17) is 0 Å². The normalized spacial score (nSPS) is 17.1. The van der Waals surface area contributed by atoms with Gasteiger partial charge in [0, 0.05) is 25.0 Å². The third-order valence-corrected chi connectivity index (χ3v) is 6.09. The number of amides is 2. The van der Waals surface area contributed by atoms with Crippen LogP contribution in [-0.4, -0.2) is 43.6 Å². The summed E-state index contributed by atoms with van der Waals surface area (Å²) in [5, 5.41) is 7.99. The van der Waals surface area contributed by atoms with Crippen molar-refractivity contribution in [2.75, 3.05) is 7.05 Å². The van der Waals surface area contributed by atoms with Gasteiger partial charge in [0.2, 0.25) is 0 Å². The smallest absolute Gasteiger partial charge is 0.344 e. The van der Waals surface area contributed by atoms with Gasteiger partial charge in [0.1, 0.15) is 10.7 Å². The van der Waals surface area contributed by atoms with Gasteiger partial charge >= 0.3 is 12.4 Å². The minimum Gasteiger partial charge on any atom is -0.344 e. The van der Waals surface area contributed by atoms with Gasteiger partial charge in [-0.05, 0) is 39.0 Å². The number of hydrazone groups is 1. The Kier molecular flexibility index (Phi) is 6.90. The molecule has 0 radical (unpaired) electrons. The van der Waals surface area contributed by atoms with Gasteiger partial charge in [-0.15, -0.1) is 0 Å². The van der Waals surface area contributed by atoms with Crippen LogP contribution in [0, 0.1) is 0 Å². The Labute approximate surface area is 200 Å². The molecule has 1 aromatic carbocycles. The van der Waals surface area contributed by atoms with Gasteiger partial charge in [-0.2, -0.15) is 31.4 Å². The molecule has 1 N–H and O–H groups in total. The molecule has 188 valence electrons. The van der Waals surface area contributed by atoms with Crippen LogP contribution in [0.1, 0.15) is 59.7 Å². The van der Waals surface area contributed by atoms with Gasteiger partial charge in [-0.25, -0.2) is 5.01 Å². The molecule has 1 aromatic heterocycles. The van der Waals surface area contributed by atoms with Crippen LogP contribution in [0.4, 0.5) is 26.3 Å². The maximum atomic E-state index is 13.1. The lowest BCUT2D eigenvalue weighted by atomic mass is 10.0. The Morgan fingerprint density at radius 3 is 2.09 bits per heavy atom. The van der Waals surface area contributed by atoms with Gasteiger partial charge < -0.3 is 5.32 Å². The second kappa shape index (κ2) is 9.13. The van der Waals surface area contributed by atoms with Gasteiger partial charge in [0.05, 0.1) is 27.6 Å². The Morgan fingerprint density at radius 2 is 1.57 bits per heavy atom. The molecule has 0 saturated heterocycles. The highest BCUT2D eigenvalue weighted by Gasteiger charge is 2.40. The number of aromatic nitrogens is 2. The minimum atomic E-state index is -5.09. The molecule has 14 heteroatoms. The minimum absolute atomic E-state index is 0.0566. The number of alkyl halides is 6. The van der Waals surface area contributed by atoms with Crippen LogP contribution in [0.3, 0.4) is 0 Å². The van der Waals surface area contributed by atoms with Crippen LogP contribution in [-0.2, 0) is 17.1 Å². The number of benzene rings is 1. The van der Waals surface area contributed by atoms with E-state index in [9.17, 15) is 35.9 Å². The van der Waals surface area contributed by atoms with Crippen molar-refractivity contribution in [2.24, 2.45) is 5.10 Å². The Balaban J connectivity index is 1.95. The topological polar surface area (TPSA) is 87.6 Å². The van der Waals surface area contributed by atoms with E-state index in [0.29, 0.717) is 17.2 Å². The summed E-state index contributed by atoms with van der Waals surface area (Å²) in [4.78, 5) is 33.4. The van der Waals surface area contributed by atoms with Crippen LogP contribution in [0.2, 0.25) is 0 Å². The summed E-state index contributed by atoms with van der Waals surface area (Å²) in [6.07, 6.45) is -7.52. The van der Waals surface area contributed by atoms with E-state index in [1.807, 2.05) is 0 Å². The Hall–Kier alpha value is -3.16. The van der Waals surface area contributed by atoms with Crippen molar-refractivity contribution in [3.05, 3.63) is 58.7 Å². The first-order valence-corrected chi connectivity index (χ1v) is 10.8. The quantitative estimate of drug-likeness (QED) is 0.595. The predicted octanol–water partition coefficient (Wildman–Crippen LogP) is 4.65. The average molecular weight is 519 g/mol. The lowest BCUT2D eigenvalue weighted by Crippen LogP contribution is -2.43. The fourth-order valence-electron chi connectivity index (χ4n) is 3.24. The molecule has 0 fully saturated rings. The van der Waals surface area contributed by atoms with Crippen LogP contribution in [0.25, 0.3) is 0 Å². The Morgan fingerprint density at radius 1 is 1.03 bits per heavy atom. The molecule has 1 atom stereocenters. The van der Waals surface area contributed by atoms with E-state index >= 15 is 0 Å². The third kappa shape index (κ3) is 5.74. The number of nitrogens with one attached hydrogen (secondary N) is 1.